The molecule has 1 aromatic carbocycles. The highest BCUT2D eigenvalue weighted by atomic mass is 35.5. The number of hydrogen-bond donors (Lipinski definition) is 0. The van der Waals surface area contributed by atoms with Crippen LogP contribution >= 0.6 is 23.2 Å². The molecule has 4 nitrogen and oxygen atoms in total. The Morgan fingerprint density at radius 3 is 2.81 bits per heavy atom. The SMILES string of the molecule is O=[N+]([O-])c1cccc(Cl)c1OC/C=C/CCl. The maximum absolute atomic E-state index is 10.7. The number of benzene rings is 1. The van der Waals surface area contributed by atoms with Gasteiger partial charge in [0.15, 0.2) is 0 Å². The monoisotopic (exact) mass is 261 g/mol. The van der Waals surface area contributed by atoms with Gasteiger partial charge in [0.2, 0.25) is 5.75 Å². The number of para-hydroxylation sites is 1. The molecular formula is C10H9Cl2NO3. The van der Waals surface area contributed by atoms with E-state index in [-0.39, 0.29) is 23.1 Å². The average molecular weight is 262 g/mol. The van der Waals surface area contributed by atoms with Crippen molar-refractivity contribution in [1.82, 2.24) is 0 Å². The molecule has 0 N–H and O–H groups in total. The second kappa shape index (κ2) is 6.35. The van der Waals surface area contributed by atoms with Gasteiger partial charge in [0.1, 0.15) is 6.61 Å². The second-order valence-electron chi connectivity index (χ2n) is 2.78. The van der Waals surface area contributed by atoms with E-state index in [2.05, 4.69) is 0 Å². The van der Waals surface area contributed by atoms with Gasteiger partial charge in [0.25, 0.3) is 0 Å². The predicted molar refractivity (Wildman–Crippen MR) is 63.5 cm³/mol. The zero-order valence-electron chi connectivity index (χ0n) is 8.23. The van der Waals surface area contributed by atoms with Crippen molar-refractivity contribution in [3.8, 4) is 5.75 Å². The summed E-state index contributed by atoms with van der Waals surface area (Å²) >= 11 is 11.2. The Morgan fingerprint density at radius 1 is 1.44 bits per heavy atom. The molecule has 0 aliphatic rings. The summed E-state index contributed by atoms with van der Waals surface area (Å²) in [6.45, 7) is 0.192. The minimum absolute atomic E-state index is 0.0772. The van der Waals surface area contributed by atoms with Crippen LogP contribution in [0.15, 0.2) is 30.4 Å². The van der Waals surface area contributed by atoms with Crippen molar-refractivity contribution in [2.75, 3.05) is 12.5 Å². The molecule has 0 aromatic heterocycles. The fourth-order valence-electron chi connectivity index (χ4n) is 1.05. The van der Waals surface area contributed by atoms with Gasteiger partial charge in [-0.15, -0.1) is 11.6 Å². The molecule has 0 fully saturated rings. The number of nitro groups is 1. The number of ether oxygens (including phenoxy) is 1. The van der Waals surface area contributed by atoms with E-state index in [4.69, 9.17) is 27.9 Å². The third kappa shape index (κ3) is 3.40. The van der Waals surface area contributed by atoms with Gasteiger partial charge >= 0.3 is 5.69 Å². The van der Waals surface area contributed by atoms with Crippen LogP contribution in [0.1, 0.15) is 0 Å². The first-order valence-corrected chi connectivity index (χ1v) is 5.34. The van der Waals surface area contributed by atoms with Crippen LogP contribution in [0.25, 0.3) is 0 Å². The minimum atomic E-state index is -0.535. The Morgan fingerprint density at radius 2 is 2.19 bits per heavy atom. The molecule has 6 heteroatoms. The third-order valence-electron chi connectivity index (χ3n) is 1.72. The number of hydrogen-bond acceptors (Lipinski definition) is 3. The van der Waals surface area contributed by atoms with Gasteiger partial charge in [0.05, 0.1) is 9.95 Å². The molecule has 0 unspecified atom stereocenters. The van der Waals surface area contributed by atoms with E-state index < -0.39 is 4.92 Å². The average Bonchev–Trinajstić information content (AvgIpc) is 2.25. The number of nitro benzene ring substituents is 1. The van der Waals surface area contributed by atoms with Crippen LogP contribution in [-0.4, -0.2) is 17.4 Å². The Hall–Kier alpha value is -1.26. The van der Waals surface area contributed by atoms with Gasteiger partial charge in [-0.1, -0.05) is 29.8 Å². The summed E-state index contributed by atoms with van der Waals surface area (Å²) in [5.41, 5.74) is -0.147. The Labute approximate surface area is 103 Å². The standard InChI is InChI=1S/C10H9Cl2NO3/c11-6-1-2-7-16-10-8(12)4-3-5-9(10)13(14)15/h1-5H,6-7H2/b2-1+. The molecule has 86 valence electrons. The van der Waals surface area contributed by atoms with Crippen LogP contribution in [0.4, 0.5) is 5.69 Å². The van der Waals surface area contributed by atoms with E-state index in [0.29, 0.717) is 5.88 Å². The summed E-state index contributed by atoms with van der Waals surface area (Å²) in [4.78, 5) is 10.2. The lowest BCUT2D eigenvalue weighted by Gasteiger charge is -2.05. The van der Waals surface area contributed by atoms with E-state index in [1.807, 2.05) is 0 Å². The zero-order chi connectivity index (χ0) is 12.0. The highest BCUT2D eigenvalue weighted by Crippen LogP contribution is 2.34. The molecule has 0 saturated carbocycles. The van der Waals surface area contributed by atoms with Crippen LogP contribution in [0.2, 0.25) is 5.02 Å². The number of halogens is 2. The molecule has 16 heavy (non-hydrogen) atoms. The van der Waals surface area contributed by atoms with Crippen molar-refractivity contribution >= 4 is 28.9 Å². The molecule has 1 aromatic rings. The Kier molecular flexibility index (Phi) is 5.08. The van der Waals surface area contributed by atoms with Crippen molar-refractivity contribution < 1.29 is 9.66 Å². The molecule has 0 heterocycles. The van der Waals surface area contributed by atoms with Gasteiger partial charge < -0.3 is 4.74 Å². The lowest BCUT2D eigenvalue weighted by molar-refractivity contribution is -0.385. The van der Waals surface area contributed by atoms with Crippen LogP contribution in [-0.2, 0) is 0 Å². The maximum atomic E-state index is 10.7. The molecule has 0 saturated heterocycles. The molecule has 0 amide bonds. The molecule has 0 aliphatic carbocycles. The van der Waals surface area contributed by atoms with Gasteiger partial charge in [-0.25, -0.2) is 0 Å². The molecule has 0 spiro atoms. The first-order valence-electron chi connectivity index (χ1n) is 4.43. The van der Waals surface area contributed by atoms with Crippen LogP contribution in [0, 0.1) is 10.1 Å². The molecule has 0 bridgehead atoms. The maximum Gasteiger partial charge on any atom is 0.312 e. The summed E-state index contributed by atoms with van der Waals surface area (Å²) < 4.78 is 5.21. The summed E-state index contributed by atoms with van der Waals surface area (Å²) in [7, 11) is 0. The van der Waals surface area contributed by atoms with Crippen molar-refractivity contribution in [3.63, 3.8) is 0 Å². The molecular weight excluding hydrogens is 253 g/mol. The first-order chi connectivity index (χ1) is 7.66. The lowest BCUT2D eigenvalue weighted by Crippen LogP contribution is -1.99. The van der Waals surface area contributed by atoms with E-state index in [9.17, 15) is 10.1 Å². The topological polar surface area (TPSA) is 52.4 Å². The van der Waals surface area contributed by atoms with Gasteiger partial charge in [-0.2, -0.15) is 0 Å². The number of nitrogens with zero attached hydrogens (tertiary/aromatic N) is 1. The van der Waals surface area contributed by atoms with E-state index >= 15 is 0 Å². The first kappa shape index (κ1) is 12.8. The second-order valence-corrected chi connectivity index (χ2v) is 3.50. The summed E-state index contributed by atoms with van der Waals surface area (Å²) in [5, 5.41) is 10.9. The van der Waals surface area contributed by atoms with E-state index in [1.165, 1.54) is 18.2 Å². The van der Waals surface area contributed by atoms with Crippen molar-refractivity contribution in [2.24, 2.45) is 0 Å². The van der Waals surface area contributed by atoms with E-state index in [0.717, 1.165) is 0 Å². The van der Waals surface area contributed by atoms with Gasteiger partial charge in [-0.05, 0) is 6.07 Å². The Balaban J connectivity index is 2.84. The minimum Gasteiger partial charge on any atom is -0.482 e. The van der Waals surface area contributed by atoms with Crippen LogP contribution < -0.4 is 4.74 Å². The summed E-state index contributed by atoms with van der Waals surface area (Å²) in [6.07, 6.45) is 3.35. The molecule has 0 radical (unpaired) electrons. The normalized spacial score (nSPS) is 10.6. The van der Waals surface area contributed by atoms with Crippen LogP contribution in [0.5, 0.6) is 5.75 Å². The predicted octanol–water partition coefficient (Wildman–Crippen LogP) is 3.42. The number of allylic oxidation sites excluding steroid dienone is 1. The lowest BCUT2D eigenvalue weighted by atomic mass is 10.3. The fraction of sp³-hybridized carbons (Fsp3) is 0.200. The van der Waals surface area contributed by atoms with Gasteiger partial charge in [0, 0.05) is 11.9 Å². The molecule has 0 aliphatic heterocycles. The number of rotatable bonds is 5. The smallest absolute Gasteiger partial charge is 0.312 e. The summed E-state index contributed by atoms with van der Waals surface area (Å²) in [6, 6.07) is 4.38. The van der Waals surface area contributed by atoms with Crippen LogP contribution in [0.3, 0.4) is 0 Å². The van der Waals surface area contributed by atoms with E-state index in [1.54, 1.807) is 12.2 Å². The highest BCUT2D eigenvalue weighted by Gasteiger charge is 2.17. The third-order valence-corrected chi connectivity index (χ3v) is 2.20. The molecule has 1 rings (SSSR count). The highest BCUT2D eigenvalue weighted by molar-refractivity contribution is 6.32. The van der Waals surface area contributed by atoms with Crippen molar-refractivity contribution in [2.45, 2.75) is 0 Å². The quantitative estimate of drug-likeness (QED) is 0.353. The van der Waals surface area contributed by atoms with Crippen molar-refractivity contribution in [3.05, 3.63) is 45.5 Å². The zero-order valence-corrected chi connectivity index (χ0v) is 9.74. The van der Waals surface area contributed by atoms with Crippen molar-refractivity contribution in [1.29, 1.82) is 0 Å². The summed E-state index contributed by atoms with van der Waals surface area (Å²) in [5.74, 6) is 0.446. The number of alkyl halides is 1. The van der Waals surface area contributed by atoms with Gasteiger partial charge in [-0.3, -0.25) is 10.1 Å². The Bertz CT molecular complexity index is 407. The molecule has 0 atom stereocenters. The largest absolute Gasteiger partial charge is 0.482 e. The fourth-order valence-corrected chi connectivity index (χ4v) is 1.40.